The van der Waals surface area contributed by atoms with E-state index < -0.39 is 0 Å². The molecule has 2 nitrogen and oxygen atoms in total. The molecule has 0 aliphatic carbocycles. The second kappa shape index (κ2) is 5.11. The van der Waals surface area contributed by atoms with Crippen LogP contribution in [-0.4, -0.2) is 12.0 Å². The molecular formula is C12H20N2. The maximum absolute atomic E-state index is 4.48. The van der Waals surface area contributed by atoms with Gasteiger partial charge >= 0.3 is 0 Å². The van der Waals surface area contributed by atoms with Crippen molar-refractivity contribution < 1.29 is 0 Å². The van der Waals surface area contributed by atoms with Crippen molar-refractivity contribution in [2.75, 3.05) is 7.05 Å². The molecule has 1 N–H and O–H groups in total. The number of hydrogen-bond acceptors (Lipinski definition) is 2. The van der Waals surface area contributed by atoms with Gasteiger partial charge in [-0.15, -0.1) is 0 Å². The largest absolute Gasteiger partial charge is 0.313 e. The fourth-order valence-corrected chi connectivity index (χ4v) is 1.81. The van der Waals surface area contributed by atoms with Gasteiger partial charge < -0.3 is 5.32 Å². The van der Waals surface area contributed by atoms with Crippen molar-refractivity contribution in [3.63, 3.8) is 0 Å². The highest BCUT2D eigenvalue weighted by Gasteiger charge is 2.10. The van der Waals surface area contributed by atoms with Gasteiger partial charge in [0.1, 0.15) is 0 Å². The van der Waals surface area contributed by atoms with Crippen LogP contribution in [0.1, 0.15) is 42.8 Å². The lowest BCUT2D eigenvalue weighted by atomic mass is 10.0. The van der Waals surface area contributed by atoms with E-state index in [4.69, 9.17) is 0 Å². The molecule has 2 heteroatoms. The summed E-state index contributed by atoms with van der Waals surface area (Å²) in [7, 11) is 2.01. The average Bonchev–Trinajstić information content (AvgIpc) is 2.15. The molecule has 1 heterocycles. The number of hydrogen-bond donors (Lipinski definition) is 1. The average molecular weight is 192 g/mol. The highest BCUT2D eigenvalue weighted by Crippen LogP contribution is 2.20. The molecule has 1 atom stereocenters. The molecule has 1 rings (SSSR count). The molecule has 1 aromatic heterocycles. The van der Waals surface area contributed by atoms with E-state index in [1.165, 1.54) is 18.4 Å². The van der Waals surface area contributed by atoms with Crippen molar-refractivity contribution in [2.24, 2.45) is 0 Å². The molecule has 0 fully saturated rings. The van der Waals surface area contributed by atoms with Gasteiger partial charge in [-0.3, -0.25) is 4.98 Å². The van der Waals surface area contributed by atoms with Crippen molar-refractivity contribution in [3.05, 3.63) is 29.1 Å². The molecule has 1 unspecified atom stereocenters. The van der Waals surface area contributed by atoms with Gasteiger partial charge in [-0.25, -0.2) is 0 Å². The zero-order valence-corrected chi connectivity index (χ0v) is 9.59. The first kappa shape index (κ1) is 11.2. The molecule has 14 heavy (non-hydrogen) atoms. The summed E-state index contributed by atoms with van der Waals surface area (Å²) in [5.74, 6) is 0. The fraction of sp³-hybridized carbons (Fsp3) is 0.583. The minimum absolute atomic E-state index is 0.452. The van der Waals surface area contributed by atoms with Crippen molar-refractivity contribution in [1.82, 2.24) is 10.3 Å². The number of pyridine rings is 1. The minimum Gasteiger partial charge on any atom is -0.313 e. The van der Waals surface area contributed by atoms with Crippen molar-refractivity contribution >= 4 is 0 Å². The number of nitrogens with zero attached hydrogens (tertiary/aromatic N) is 1. The highest BCUT2D eigenvalue weighted by molar-refractivity contribution is 5.24. The van der Waals surface area contributed by atoms with Crippen LogP contribution in [-0.2, 0) is 0 Å². The quantitative estimate of drug-likeness (QED) is 0.793. The normalized spacial score (nSPS) is 12.9. The Bertz CT molecular complexity index is 294. The standard InChI is InChI=1S/C12H20N2/c1-5-6-12(13-4)11-8-7-9(2)14-10(11)3/h7-8,12-13H,5-6H2,1-4H3. The Kier molecular flexibility index (Phi) is 4.08. The van der Waals surface area contributed by atoms with Gasteiger partial charge in [0.2, 0.25) is 0 Å². The highest BCUT2D eigenvalue weighted by atomic mass is 14.9. The summed E-state index contributed by atoms with van der Waals surface area (Å²) in [4.78, 5) is 4.48. The van der Waals surface area contributed by atoms with Crippen molar-refractivity contribution in [3.8, 4) is 0 Å². The Morgan fingerprint density at radius 1 is 1.36 bits per heavy atom. The van der Waals surface area contributed by atoms with Crippen molar-refractivity contribution in [1.29, 1.82) is 0 Å². The van der Waals surface area contributed by atoms with Crippen LogP contribution < -0.4 is 5.32 Å². The van der Waals surface area contributed by atoms with Crippen LogP contribution in [0, 0.1) is 13.8 Å². The van der Waals surface area contributed by atoms with E-state index in [9.17, 15) is 0 Å². The molecular weight excluding hydrogens is 172 g/mol. The molecule has 1 aromatic rings. The van der Waals surface area contributed by atoms with Crippen LogP contribution >= 0.6 is 0 Å². The van der Waals surface area contributed by atoms with Gasteiger partial charge in [0.25, 0.3) is 0 Å². The van der Waals surface area contributed by atoms with Crippen LogP contribution in [0.3, 0.4) is 0 Å². The summed E-state index contributed by atoms with van der Waals surface area (Å²) in [5, 5.41) is 3.34. The Morgan fingerprint density at radius 3 is 2.57 bits per heavy atom. The molecule has 78 valence electrons. The van der Waals surface area contributed by atoms with Crippen LogP contribution in [0.4, 0.5) is 0 Å². The molecule has 0 aromatic carbocycles. The predicted octanol–water partition coefficient (Wildman–Crippen LogP) is 2.76. The number of nitrogens with one attached hydrogen (secondary N) is 1. The zero-order chi connectivity index (χ0) is 10.6. The van der Waals surface area contributed by atoms with E-state index in [0.717, 1.165) is 11.4 Å². The lowest BCUT2D eigenvalue weighted by molar-refractivity contribution is 0.537. The second-order valence-electron chi connectivity index (χ2n) is 3.76. The molecule has 0 aliphatic rings. The lowest BCUT2D eigenvalue weighted by Gasteiger charge is -2.17. The van der Waals surface area contributed by atoms with E-state index in [0.29, 0.717) is 6.04 Å². The summed E-state index contributed by atoms with van der Waals surface area (Å²) in [6, 6.07) is 4.73. The maximum Gasteiger partial charge on any atom is 0.0423 e. The molecule has 0 saturated heterocycles. The number of aromatic nitrogens is 1. The molecule has 0 saturated carbocycles. The number of rotatable bonds is 4. The van der Waals surface area contributed by atoms with Gasteiger partial charge in [-0.05, 0) is 38.9 Å². The molecule has 0 spiro atoms. The second-order valence-corrected chi connectivity index (χ2v) is 3.76. The Labute approximate surface area is 86.8 Å². The third kappa shape index (κ3) is 2.55. The third-order valence-corrected chi connectivity index (χ3v) is 2.57. The van der Waals surface area contributed by atoms with Gasteiger partial charge in [0.05, 0.1) is 0 Å². The summed E-state index contributed by atoms with van der Waals surface area (Å²) < 4.78 is 0. The van der Waals surface area contributed by atoms with E-state index in [-0.39, 0.29) is 0 Å². The van der Waals surface area contributed by atoms with Crippen molar-refractivity contribution in [2.45, 2.75) is 39.7 Å². The summed E-state index contributed by atoms with van der Waals surface area (Å²) in [6.45, 7) is 6.33. The van der Waals surface area contributed by atoms with E-state index in [2.05, 4.69) is 36.3 Å². The SMILES string of the molecule is CCCC(NC)c1ccc(C)nc1C. The van der Waals surface area contributed by atoms with Gasteiger partial charge in [0.15, 0.2) is 0 Å². The third-order valence-electron chi connectivity index (χ3n) is 2.57. The van der Waals surface area contributed by atoms with Crippen LogP contribution in [0.25, 0.3) is 0 Å². The van der Waals surface area contributed by atoms with E-state index in [1.807, 2.05) is 14.0 Å². The lowest BCUT2D eigenvalue weighted by Crippen LogP contribution is -2.17. The summed E-state index contributed by atoms with van der Waals surface area (Å²) in [5.41, 5.74) is 3.58. The summed E-state index contributed by atoms with van der Waals surface area (Å²) in [6.07, 6.45) is 2.36. The van der Waals surface area contributed by atoms with Gasteiger partial charge in [-0.1, -0.05) is 19.4 Å². The molecule has 0 radical (unpaired) electrons. The fourth-order valence-electron chi connectivity index (χ4n) is 1.81. The maximum atomic E-state index is 4.48. The van der Waals surface area contributed by atoms with E-state index in [1.54, 1.807) is 0 Å². The molecule has 0 aliphatic heterocycles. The topological polar surface area (TPSA) is 24.9 Å². The first-order chi connectivity index (χ1) is 6.69. The first-order valence-electron chi connectivity index (χ1n) is 5.30. The predicted molar refractivity (Wildman–Crippen MR) is 60.4 cm³/mol. The molecule has 0 bridgehead atoms. The van der Waals surface area contributed by atoms with Crippen LogP contribution in [0.5, 0.6) is 0 Å². The number of aryl methyl sites for hydroxylation is 2. The van der Waals surface area contributed by atoms with Gasteiger partial charge in [0, 0.05) is 17.4 Å². The van der Waals surface area contributed by atoms with Crippen LogP contribution in [0.2, 0.25) is 0 Å². The zero-order valence-electron chi connectivity index (χ0n) is 9.59. The molecule has 0 amide bonds. The van der Waals surface area contributed by atoms with E-state index >= 15 is 0 Å². The monoisotopic (exact) mass is 192 g/mol. The smallest absolute Gasteiger partial charge is 0.0423 e. The Balaban J connectivity index is 2.92. The summed E-state index contributed by atoms with van der Waals surface area (Å²) >= 11 is 0. The minimum atomic E-state index is 0.452. The first-order valence-corrected chi connectivity index (χ1v) is 5.30. The van der Waals surface area contributed by atoms with Crippen LogP contribution in [0.15, 0.2) is 12.1 Å². The Hall–Kier alpha value is -0.890. The van der Waals surface area contributed by atoms with Gasteiger partial charge in [-0.2, -0.15) is 0 Å². The Morgan fingerprint density at radius 2 is 2.07 bits per heavy atom.